The van der Waals surface area contributed by atoms with Gasteiger partial charge < -0.3 is 10.1 Å². The van der Waals surface area contributed by atoms with Gasteiger partial charge >= 0.3 is 0 Å². The Hall–Kier alpha value is -2.29. The summed E-state index contributed by atoms with van der Waals surface area (Å²) in [5.74, 6) is 0.748. The molecule has 0 heterocycles. The second kappa shape index (κ2) is 6.75. The van der Waals surface area contributed by atoms with Gasteiger partial charge in [0.1, 0.15) is 5.75 Å². The molecule has 2 aromatic rings. The number of rotatable bonds is 5. The molecule has 2 aromatic carbocycles. The van der Waals surface area contributed by atoms with E-state index in [0.717, 1.165) is 17.7 Å². The Labute approximate surface area is 119 Å². The number of methoxy groups -OCH3 is 1. The number of aryl methyl sites for hydroxylation is 1. The fourth-order valence-corrected chi connectivity index (χ4v) is 2.09. The standard InChI is InChI=1S/C17H19NO2/c1-13-12-15(8-9-16(13)20-2)17(19)18-11-10-14-6-4-3-5-7-14/h3-9,12H,10-11H2,1-2H3,(H,18,19). The molecule has 0 saturated heterocycles. The quantitative estimate of drug-likeness (QED) is 0.906. The molecule has 0 atom stereocenters. The number of amides is 1. The van der Waals surface area contributed by atoms with Crippen LogP contribution in [0, 0.1) is 6.92 Å². The number of carbonyl (C=O) groups excluding carboxylic acids is 1. The van der Waals surface area contributed by atoms with E-state index >= 15 is 0 Å². The van der Waals surface area contributed by atoms with E-state index in [0.29, 0.717) is 12.1 Å². The summed E-state index contributed by atoms with van der Waals surface area (Å²) in [4.78, 5) is 12.0. The first-order chi connectivity index (χ1) is 9.70. The minimum absolute atomic E-state index is 0.0494. The van der Waals surface area contributed by atoms with Crippen LogP contribution in [-0.2, 0) is 6.42 Å². The molecule has 0 aromatic heterocycles. The Kier molecular flexibility index (Phi) is 4.77. The predicted molar refractivity (Wildman–Crippen MR) is 80.2 cm³/mol. The van der Waals surface area contributed by atoms with Crippen LogP contribution in [0.15, 0.2) is 48.5 Å². The monoisotopic (exact) mass is 269 g/mol. The summed E-state index contributed by atoms with van der Waals surface area (Å²) in [6, 6.07) is 15.6. The van der Waals surface area contributed by atoms with E-state index in [1.54, 1.807) is 13.2 Å². The second-order valence-corrected chi connectivity index (χ2v) is 4.68. The molecule has 20 heavy (non-hydrogen) atoms. The summed E-state index contributed by atoms with van der Waals surface area (Å²) in [5.41, 5.74) is 2.85. The van der Waals surface area contributed by atoms with Crippen molar-refractivity contribution in [2.75, 3.05) is 13.7 Å². The third kappa shape index (κ3) is 3.60. The van der Waals surface area contributed by atoms with Gasteiger partial charge in [0.05, 0.1) is 7.11 Å². The summed E-state index contributed by atoms with van der Waals surface area (Å²) >= 11 is 0. The minimum Gasteiger partial charge on any atom is -0.496 e. The average Bonchev–Trinajstić information content (AvgIpc) is 2.48. The van der Waals surface area contributed by atoms with Crippen LogP contribution in [0.25, 0.3) is 0 Å². The lowest BCUT2D eigenvalue weighted by molar-refractivity contribution is 0.0954. The van der Waals surface area contributed by atoms with Gasteiger partial charge in [-0.1, -0.05) is 30.3 Å². The highest BCUT2D eigenvalue weighted by molar-refractivity contribution is 5.94. The van der Waals surface area contributed by atoms with Crippen LogP contribution in [0.1, 0.15) is 21.5 Å². The number of carbonyl (C=O) groups is 1. The highest BCUT2D eigenvalue weighted by Gasteiger charge is 2.07. The van der Waals surface area contributed by atoms with Gasteiger partial charge in [0.2, 0.25) is 0 Å². The van der Waals surface area contributed by atoms with E-state index < -0.39 is 0 Å². The fourth-order valence-electron chi connectivity index (χ4n) is 2.09. The third-order valence-corrected chi connectivity index (χ3v) is 3.20. The van der Waals surface area contributed by atoms with Crippen LogP contribution in [0.4, 0.5) is 0 Å². The largest absolute Gasteiger partial charge is 0.496 e. The van der Waals surface area contributed by atoms with Crippen molar-refractivity contribution in [1.29, 1.82) is 0 Å². The molecule has 0 aliphatic carbocycles. The van der Waals surface area contributed by atoms with Crippen molar-refractivity contribution >= 4 is 5.91 Å². The Morgan fingerprint density at radius 1 is 1.15 bits per heavy atom. The number of nitrogens with one attached hydrogen (secondary N) is 1. The number of benzene rings is 2. The summed E-state index contributed by atoms with van der Waals surface area (Å²) in [7, 11) is 1.63. The number of ether oxygens (including phenoxy) is 1. The summed E-state index contributed by atoms with van der Waals surface area (Å²) in [6.07, 6.45) is 0.835. The molecule has 0 spiro atoms. The summed E-state index contributed by atoms with van der Waals surface area (Å²) in [5, 5.41) is 2.93. The van der Waals surface area contributed by atoms with E-state index in [1.165, 1.54) is 5.56 Å². The van der Waals surface area contributed by atoms with E-state index in [-0.39, 0.29) is 5.91 Å². The van der Waals surface area contributed by atoms with Crippen molar-refractivity contribution in [3.05, 3.63) is 65.2 Å². The molecule has 0 radical (unpaired) electrons. The summed E-state index contributed by atoms with van der Waals surface area (Å²) < 4.78 is 5.19. The first kappa shape index (κ1) is 14.1. The Bertz CT molecular complexity index is 579. The van der Waals surface area contributed by atoms with Crippen LogP contribution in [0.2, 0.25) is 0 Å². The van der Waals surface area contributed by atoms with E-state index in [9.17, 15) is 4.79 Å². The van der Waals surface area contributed by atoms with Crippen molar-refractivity contribution in [3.63, 3.8) is 0 Å². The van der Waals surface area contributed by atoms with Crippen molar-refractivity contribution < 1.29 is 9.53 Å². The second-order valence-electron chi connectivity index (χ2n) is 4.68. The van der Waals surface area contributed by atoms with Crippen LogP contribution >= 0.6 is 0 Å². The maximum Gasteiger partial charge on any atom is 0.251 e. The van der Waals surface area contributed by atoms with Gasteiger partial charge in [0.25, 0.3) is 5.91 Å². The number of hydrogen-bond donors (Lipinski definition) is 1. The Morgan fingerprint density at radius 2 is 1.90 bits per heavy atom. The van der Waals surface area contributed by atoms with Crippen LogP contribution < -0.4 is 10.1 Å². The number of hydrogen-bond acceptors (Lipinski definition) is 2. The predicted octanol–water partition coefficient (Wildman–Crippen LogP) is 2.98. The van der Waals surface area contributed by atoms with Crippen molar-refractivity contribution in [2.24, 2.45) is 0 Å². The normalized spacial score (nSPS) is 10.1. The molecule has 2 rings (SSSR count). The highest BCUT2D eigenvalue weighted by Crippen LogP contribution is 2.18. The molecule has 0 aliphatic rings. The lowest BCUT2D eigenvalue weighted by Gasteiger charge is -2.08. The average molecular weight is 269 g/mol. The molecule has 0 bridgehead atoms. The van der Waals surface area contributed by atoms with Gasteiger partial charge in [-0.25, -0.2) is 0 Å². The first-order valence-electron chi connectivity index (χ1n) is 6.67. The van der Waals surface area contributed by atoms with Crippen LogP contribution in [0.5, 0.6) is 5.75 Å². The van der Waals surface area contributed by atoms with Crippen LogP contribution in [-0.4, -0.2) is 19.6 Å². The van der Waals surface area contributed by atoms with Gasteiger partial charge in [-0.15, -0.1) is 0 Å². The first-order valence-corrected chi connectivity index (χ1v) is 6.67. The van der Waals surface area contributed by atoms with Gasteiger partial charge in [-0.2, -0.15) is 0 Å². The maximum atomic E-state index is 12.0. The van der Waals surface area contributed by atoms with Crippen molar-refractivity contribution in [1.82, 2.24) is 5.32 Å². The van der Waals surface area contributed by atoms with E-state index in [1.807, 2.05) is 37.3 Å². The molecule has 1 N–H and O–H groups in total. The molecular formula is C17H19NO2. The molecule has 104 valence electrons. The zero-order valence-electron chi connectivity index (χ0n) is 11.8. The highest BCUT2D eigenvalue weighted by atomic mass is 16.5. The molecule has 0 saturated carbocycles. The minimum atomic E-state index is -0.0494. The molecule has 1 amide bonds. The van der Waals surface area contributed by atoms with Gasteiger partial charge in [-0.05, 0) is 42.7 Å². The molecule has 3 nitrogen and oxygen atoms in total. The van der Waals surface area contributed by atoms with Crippen LogP contribution in [0.3, 0.4) is 0 Å². The molecule has 0 unspecified atom stereocenters. The zero-order valence-corrected chi connectivity index (χ0v) is 11.8. The zero-order chi connectivity index (χ0) is 14.4. The lowest BCUT2D eigenvalue weighted by atomic mass is 10.1. The topological polar surface area (TPSA) is 38.3 Å². The fraction of sp³-hybridized carbons (Fsp3) is 0.235. The van der Waals surface area contributed by atoms with Gasteiger partial charge in [0, 0.05) is 12.1 Å². The third-order valence-electron chi connectivity index (χ3n) is 3.20. The van der Waals surface area contributed by atoms with Crippen molar-refractivity contribution in [2.45, 2.75) is 13.3 Å². The van der Waals surface area contributed by atoms with Crippen molar-refractivity contribution in [3.8, 4) is 5.75 Å². The van der Waals surface area contributed by atoms with Gasteiger partial charge in [0.15, 0.2) is 0 Å². The smallest absolute Gasteiger partial charge is 0.251 e. The maximum absolute atomic E-state index is 12.0. The van der Waals surface area contributed by atoms with Gasteiger partial charge in [-0.3, -0.25) is 4.79 Å². The molecule has 0 fully saturated rings. The molecule has 0 aliphatic heterocycles. The van der Waals surface area contributed by atoms with E-state index in [4.69, 9.17) is 4.74 Å². The van der Waals surface area contributed by atoms with E-state index in [2.05, 4.69) is 17.4 Å². The SMILES string of the molecule is COc1ccc(C(=O)NCCc2ccccc2)cc1C. The molecular weight excluding hydrogens is 250 g/mol. The molecule has 3 heteroatoms. The Balaban J connectivity index is 1.90. The summed E-state index contributed by atoms with van der Waals surface area (Å²) in [6.45, 7) is 2.56. The lowest BCUT2D eigenvalue weighted by Crippen LogP contribution is -2.25. The Morgan fingerprint density at radius 3 is 2.55 bits per heavy atom.